The number of hydrogen-bond donors (Lipinski definition) is 5. The van der Waals surface area contributed by atoms with Crippen LogP contribution in [0.3, 0.4) is 0 Å². The van der Waals surface area contributed by atoms with Crippen LogP contribution in [-0.4, -0.2) is 65.4 Å². The van der Waals surface area contributed by atoms with E-state index in [0.29, 0.717) is 25.1 Å². The van der Waals surface area contributed by atoms with Gasteiger partial charge >= 0.3 is 5.97 Å². The number of nitrogens with one attached hydrogen (secondary N) is 3. The number of carbonyl (C=O) groups excluding carboxylic acids is 3. The van der Waals surface area contributed by atoms with Gasteiger partial charge in [-0.05, 0) is 37.7 Å². The highest BCUT2D eigenvalue weighted by molar-refractivity contribution is 5.97. The van der Waals surface area contributed by atoms with Crippen molar-refractivity contribution in [2.75, 3.05) is 19.6 Å². The maximum atomic E-state index is 13.4. The molecule has 2 unspecified atom stereocenters. The standard InChI is InChI=1S/C24H36N6O6/c1-2-27-36-20(31)14-26-21(17-6-4-3-5-7-17)24(33)30-13-12-19(30)23(32)29-35-15-16-8-10-18(11-9-16)22(25)28-34/h8-11,17,19,21,26-27,34H,2-7,12-15H2,1H3,(H2,25,28)(H,29,32). The van der Waals surface area contributed by atoms with Crippen LogP contribution in [0.1, 0.15) is 56.6 Å². The molecule has 1 heterocycles. The van der Waals surface area contributed by atoms with Gasteiger partial charge in [-0.2, -0.15) is 5.48 Å². The van der Waals surface area contributed by atoms with E-state index in [2.05, 4.69) is 21.4 Å². The van der Waals surface area contributed by atoms with Gasteiger partial charge in [0.25, 0.3) is 5.91 Å². The number of carbonyl (C=O) groups is 3. The van der Waals surface area contributed by atoms with Gasteiger partial charge in [-0.25, -0.2) is 10.3 Å². The van der Waals surface area contributed by atoms with Gasteiger partial charge in [-0.1, -0.05) is 48.7 Å². The molecule has 2 fully saturated rings. The fourth-order valence-electron chi connectivity index (χ4n) is 4.50. The van der Waals surface area contributed by atoms with Crippen LogP contribution >= 0.6 is 0 Å². The molecule has 198 valence electrons. The summed E-state index contributed by atoms with van der Waals surface area (Å²) < 4.78 is 0. The number of hydroxylamine groups is 2. The number of likely N-dealkylation sites (tertiary alicyclic amines) is 1. The Morgan fingerprint density at radius 2 is 1.89 bits per heavy atom. The Balaban J connectivity index is 1.52. The SMILES string of the molecule is CCNOC(=O)CNC(C(=O)N1CCC1C(=O)NOCc1ccc(/C(N)=N/O)cc1)C1CCCCC1. The first-order chi connectivity index (χ1) is 17.4. The van der Waals surface area contributed by atoms with E-state index in [1.54, 1.807) is 29.2 Å². The number of oxime groups is 1. The summed E-state index contributed by atoms with van der Waals surface area (Å²) >= 11 is 0. The number of amides is 2. The van der Waals surface area contributed by atoms with Crippen molar-refractivity contribution in [3.05, 3.63) is 35.4 Å². The predicted molar refractivity (Wildman–Crippen MR) is 130 cm³/mol. The molecular weight excluding hydrogens is 468 g/mol. The van der Waals surface area contributed by atoms with Crippen LogP contribution in [-0.2, 0) is 30.7 Å². The van der Waals surface area contributed by atoms with Gasteiger partial charge in [-0.3, -0.25) is 19.7 Å². The lowest BCUT2D eigenvalue weighted by molar-refractivity contribution is -0.157. The first kappa shape index (κ1) is 27.4. The topological polar surface area (TPSA) is 168 Å². The minimum Gasteiger partial charge on any atom is -0.409 e. The molecule has 1 saturated carbocycles. The zero-order valence-electron chi connectivity index (χ0n) is 20.6. The summed E-state index contributed by atoms with van der Waals surface area (Å²) in [6.07, 6.45) is 5.54. The number of benzene rings is 1. The van der Waals surface area contributed by atoms with Crippen molar-refractivity contribution in [2.45, 2.75) is 64.1 Å². The highest BCUT2D eigenvalue weighted by Gasteiger charge is 2.42. The fraction of sp³-hybridized carbons (Fsp3) is 0.583. The van der Waals surface area contributed by atoms with E-state index >= 15 is 0 Å². The van der Waals surface area contributed by atoms with Crippen LogP contribution in [0.25, 0.3) is 0 Å². The molecule has 0 bridgehead atoms. The molecule has 1 aromatic carbocycles. The first-order valence-electron chi connectivity index (χ1n) is 12.4. The van der Waals surface area contributed by atoms with E-state index in [9.17, 15) is 14.4 Å². The van der Waals surface area contributed by atoms with Crippen LogP contribution in [0.4, 0.5) is 0 Å². The Morgan fingerprint density at radius 1 is 1.17 bits per heavy atom. The molecule has 1 saturated heterocycles. The largest absolute Gasteiger partial charge is 0.409 e. The van der Waals surface area contributed by atoms with E-state index < -0.39 is 24.0 Å². The van der Waals surface area contributed by atoms with Crippen molar-refractivity contribution >= 4 is 23.6 Å². The van der Waals surface area contributed by atoms with Crippen molar-refractivity contribution < 1.29 is 29.3 Å². The minimum absolute atomic E-state index is 0.000974. The summed E-state index contributed by atoms with van der Waals surface area (Å²) in [7, 11) is 0. The van der Waals surface area contributed by atoms with Crippen LogP contribution in [0.15, 0.2) is 29.4 Å². The smallest absolute Gasteiger partial charge is 0.338 e. The quantitative estimate of drug-likeness (QED) is 0.118. The van der Waals surface area contributed by atoms with E-state index in [0.717, 1.165) is 37.7 Å². The zero-order valence-corrected chi connectivity index (χ0v) is 20.6. The average molecular weight is 505 g/mol. The molecule has 1 aromatic rings. The lowest BCUT2D eigenvalue weighted by atomic mass is 9.82. The van der Waals surface area contributed by atoms with Gasteiger partial charge in [0.1, 0.15) is 6.04 Å². The second kappa shape index (κ2) is 13.8. The monoisotopic (exact) mass is 504 g/mol. The third kappa shape index (κ3) is 7.39. The molecule has 12 heteroatoms. The van der Waals surface area contributed by atoms with E-state index in [1.165, 1.54) is 0 Å². The van der Waals surface area contributed by atoms with Crippen molar-refractivity contribution in [3.63, 3.8) is 0 Å². The molecule has 3 rings (SSSR count). The molecule has 0 aromatic heterocycles. The third-order valence-corrected chi connectivity index (χ3v) is 6.56. The van der Waals surface area contributed by atoms with Gasteiger partial charge < -0.3 is 20.7 Å². The number of amidine groups is 1. The van der Waals surface area contributed by atoms with Crippen molar-refractivity contribution in [3.8, 4) is 0 Å². The Kier molecular flexibility index (Phi) is 10.5. The lowest BCUT2D eigenvalue weighted by Crippen LogP contribution is -2.63. The zero-order chi connectivity index (χ0) is 25.9. The third-order valence-electron chi connectivity index (χ3n) is 6.56. The molecule has 12 nitrogen and oxygen atoms in total. The molecule has 0 radical (unpaired) electrons. The summed E-state index contributed by atoms with van der Waals surface area (Å²) in [5, 5.41) is 14.8. The first-order valence-corrected chi connectivity index (χ1v) is 12.4. The normalized spacial score (nSPS) is 19.3. The van der Waals surface area contributed by atoms with Crippen molar-refractivity contribution in [2.24, 2.45) is 16.8 Å². The molecule has 2 atom stereocenters. The average Bonchev–Trinajstić information content (AvgIpc) is 2.87. The van der Waals surface area contributed by atoms with E-state index in [1.807, 2.05) is 6.92 Å². The Labute approximate surface area is 210 Å². The molecule has 1 aliphatic heterocycles. The highest BCUT2D eigenvalue weighted by atomic mass is 16.7. The number of hydrogen-bond acceptors (Lipinski definition) is 9. The van der Waals surface area contributed by atoms with Crippen LogP contribution in [0.2, 0.25) is 0 Å². The van der Waals surface area contributed by atoms with Gasteiger partial charge in [0.15, 0.2) is 5.84 Å². The molecule has 2 aliphatic rings. The summed E-state index contributed by atoms with van der Waals surface area (Å²) in [6, 6.07) is 5.65. The van der Waals surface area contributed by atoms with Crippen molar-refractivity contribution in [1.82, 2.24) is 21.2 Å². The van der Waals surface area contributed by atoms with Crippen molar-refractivity contribution in [1.29, 1.82) is 0 Å². The van der Waals surface area contributed by atoms with Crippen LogP contribution in [0, 0.1) is 5.92 Å². The highest BCUT2D eigenvalue weighted by Crippen LogP contribution is 2.29. The summed E-state index contributed by atoms with van der Waals surface area (Å²) in [6.45, 7) is 2.79. The molecule has 6 N–H and O–H groups in total. The summed E-state index contributed by atoms with van der Waals surface area (Å²) in [5.41, 5.74) is 11.8. The second-order valence-corrected chi connectivity index (χ2v) is 9.00. The molecule has 36 heavy (non-hydrogen) atoms. The van der Waals surface area contributed by atoms with Crippen LogP contribution < -0.4 is 22.0 Å². The van der Waals surface area contributed by atoms with E-state index in [4.69, 9.17) is 20.6 Å². The molecule has 0 spiro atoms. The van der Waals surface area contributed by atoms with Crippen LogP contribution in [0.5, 0.6) is 0 Å². The number of nitrogens with zero attached hydrogens (tertiary/aromatic N) is 2. The minimum atomic E-state index is -0.623. The van der Waals surface area contributed by atoms with Gasteiger partial charge in [0, 0.05) is 18.7 Å². The molecule has 1 aliphatic carbocycles. The predicted octanol–water partition coefficient (Wildman–Crippen LogP) is 0.536. The summed E-state index contributed by atoms with van der Waals surface area (Å²) in [4.78, 5) is 49.9. The van der Waals surface area contributed by atoms with Gasteiger partial charge in [0.2, 0.25) is 5.91 Å². The van der Waals surface area contributed by atoms with Gasteiger partial charge in [-0.15, -0.1) is 0 Å². The Hall–Kier alpha value is -3.22. The maximum Gasteiger partial charge on any atom is 0.338 e. The summed E-state index contributed by atoms with van der Waals surface area (Å²) in [5.74, 6) is -0.955. The number of rotatable bonds is 12. The second-order valence-electron chi connectivity index (χ2n) is 9.00. The molecule has 2 amide bonds. The molecular formula is C24H36N6O6. The number of nitrogens with two attached hydrogens (primary N) is 1. The van der Waals surface area contributed by atoms with Gasteiger partial charge in [0.05, 0.1) is 19.2 Å². The lowest BCUT2D eigenvalue weighted by Gasteiger charge is -2.43. The Bertz CT molecular complexity index is 918. The maximum absolute atomic E-state index is 13.4. The Morgan fingerprint density at radius 3 is 2.50 bits per heavy atom. The van der Waals surface area contributed by atoms with E-state index in [-0.39, 0.29) is 30.8 Å². The fourth-order valence-corrected chi connectivity index (χ4v) is 4.50.